The van der Waals surface area contributed by atoms with Crippen LogP contribution in [0, 0.1) is 46.8 Å². The number of nitrogens with zero attached hydrogens (tertiary/aromatic N) is 1. The largest absolute Gasteiger partial charge is 0.481 e. The maximum Gasteiger partial charge on any atom is 0.308 e. The molecule has 1 aliphatic carbocycles. The zero-order chi connectivity index (χ0) is 26.1. The van der Waals surface area contributed by atoms with Gasteiger partial charge >= 0.3 is 11.9 Å². The van der Waals surface area contributed by atoms with Crippen LogP contribution in [0.5, 0.6) is 0 Å². The number of nitriles is 1. The molecule has 7 nitrogen and oxygen atoms in total. The first kappa shape index (κ1) is 29.1. The number of carboxylic acids is 1. The van der Waals surface area contributed by atoms with Crippen molar-refractivity contribution in [2.75, 3.05) is 0 Å². The number of carbonyl (C=O) groups is 2. The molecule has 0 aromatic rings. The molecule has 196 valence electrons. The van der Waals surface area contributed by atoms with E-state index in [0.29, 0.717) is 31.1 Å². The Hall–Kier alpha value is -2.17. The Morgan fingerprint density at radius 3 is 2.34 bits per heavy atom. The Labute approximate surface area is 209 Å². The minimum Gasteiger partial charge on any atom is -0.481 e. The van der Waals surface area contributed by atoms with Gasteiger partial charge in [0.25, 0.3) is 0 Å². The number of carboxylic acid groups (broad SMARTS) is 1. The highest BCUT2D eigenvalue weighted by atomic mass is 16.5. The SMILES string of the molecule is C[C@@H]1C[C@H](C)C[C@H](C)[C@@H](O)CC(=O)O[C@H]([C@@H]2CCC[C@H]2C(=O)O)C/C=C/C=C(C#N)[C@H](O)[C@@H](C)C1. The smallest absolute Gasteiger partial charge is 0.308 e. The van der Waals surface area contributed by atoms with Crippen LogP contribution in [-0.2, 0) is 14.3 Å². The van der Waals surface area contributed by atoms with Crippen molar-refractivity contribution in [3.63, 3.8) is 0 Å². The van der Waals surface area contributed by atoms with Crippen LogP contribution in [0.25, 0.3) is 0 Å². The van der Waals surface area contributed by atoms with Gasteiger partial charge in [0.15, 0.2) is 0 Å². The molecule has 0 amide bonds. The van der Waals surface area contributed by atoms with E-state index >= 15 is 0 Å². The van der Waals surface area contributed by atoms with E-state index in [2.05, 4.69) is 19.9 Å². The fourth-order valence-electron chi connectivity index (χ4n) is 5.97. The predicted molar refractivity (Wildman–Crippen MR) is 133 cm³/mol. The second kappa shape index (κ2) is 13.8. The molecule has 1 fully saturated rings. The summed E-state index contributed by atoms with van der Waals surface area (Å²) in [6.45, 7) is 8.16. The molecule has 0 aromatic heterocycles. The van der Waals surface area contributed by atoms with Crippen LogP contribution in [0.1, 0.15) is 79.1 Å². The fourth-order valence-corrected chi connectivity index (χ4v) is 5.97. The molecule has 0 aromatic carbocycles. The molecule has 2 aliphatic rings. The molecule has 3 N–H and O–H groups in total. The number of aliphatic carboxylic acids is 1. The topological polar surface area (TPSA) is 128 Å². The highest BCUT2D eigenvalue weighted by Gasteiger charge is 2.39. The first-order valence-electron chi connectivity index (χ1n) is 13.1. The third-order valence-electron chi connectivity index (χ3n) is 7.80. The van der Waals surface area contributed by atoms with Gasteiger partial charge in [0, 0.05) is 12.3 Å². The van der Waals surface area contributed by atoms with E-state index < -0.39 is 36.2 Å². The average molecular weight is 490 g/mol. The van der Waals surface area contributed by atoms with Gasteiger partial charge in [0.2, 0.25) is 0 Å². The van der Waals surface area contributed by atoms with Crippen molar-refractivity contribution in [3.8, 4) is 6.07 Å². The van der Waals surface area contributed by atoms with Gasteiger partial charge in [0.05, 0.1) is 36.2 Å². The van der Waals surface area contributed by atoms with Gasteiger partial charge < -0.3 is 20.1 Å². The molecule has 0 radical (unpaired) electrons. The number of cyclic esters (lactones) is 1. The standard InChI is InChI=1S/C28H43NO6/c1-17-12-18(2)14-20(4)27(32)21(16-29)8-5-6-11-25(22-9-7-10-23(22)28(33)34)35-26(31)15-24(30)19(3)13-17/h5-6,8,17-20,22-25,27,30,32H,7,9-15H2,1-4H3,(H,33,34)/b6-5+,21-8?/t17-,18+,19-,20-,22+,23+,24-,25-,27+/m0/s1. The lowest BCUT2D eigenvalue weighted by Crippen LogP contribution is -2.34. The number of aliphatic hydroxyl groups excluding tert-OH is 2. The van der Waals surface area contributed by atoms with Crippen LogP contribution >= 0.6 is 0 Å². The van der Waals surface area contributed by atoms with Crippen molar-refractivity contribution >= 4 is 11.9 Å². The molecule has 0 unspecified atom stereocenters. The van der Waals surface area contributed by atoms with Gasteiger partial charge in [0.1, 0.15) is 6.10 Å². The van der Waals surface area contributed by atoms with Gasteiger partial charge in [-0.15, -0.1) is 0 Å². The Bertz CT molecular complexity index is 815. The van der Waals surface area contributed by atoms with Gasteiger partial charge in [-0.1, -0.05) is 46.3 Å². The number of carbonyl (C=O) groups excluding carboxylic acids is 1. The average Bonchev–Trinajstić information content (AvgIpc) is 3.27. The quantitative estimate of drug-likeness (QED) is 0.482. The summed E-state index contributed by atoms with van der Waals surface area (Å²) in [6, 6.07) is 2.10. The normalized spacial score (nSPS) is 39.4. The number of rotatable bonds is 2. The van der Waals surface area contributed by atoms with Crippen molar-refractivity contribution in [2.24, 2.45) is 35.5 Å². The highest BCUT2D eigenvalue weighted by Crippen LogP contribution is 2.37. The summed E-state index contributed by atoms with van der Waals surface area (Å²) >= 11 is 0. The second-order valence-corrected chi connectivity index (χ2v) is 11.1. The molecule has 0 spiro atoms. The van der Waals surface area contributed by atoms with Crippen LogP contribution in [0.15, 0.2) is 23.8 Å². The zero-order valence-electron chi connectivity index (χ0n) is 21.6. The lowest BCUT2D eigenvalue weighted by atomic mass is 9.82. The lowest BCUT2D eigenvalue weighted by molar-refractivity contribution is -0.159. The zero-order valence-corrected chi connectivity index (χ0v) is 21.6. The van der Waals surface area contributed by atoms with Crippen LogP contribution < -0.4 is 0 Å². The third kappa shape index (κ3) is 8.77. The number of ether oxygens (including phenoxy) is 1. The van der Waals surface area contributed by atoms with Gasteiger partial charge in [-0.2, -0.15) is 5.26 Å². The highest BCUT2D eigenvalue weighted by molar-refractivity contribution is 5.72. The third-order valence-corrected chi connectivity index (χ3v) is 7.80. The Kier molecular flexibility index (Phi) is 11.5. The molecule has 2 rings (SSSR count). The summed E-state index contributed by atoms with van der Waals surface area (Å²) in [4.78, 5) is 24.5. The first-order valence-corrected chi connectivity index (χ1v) is 13.1. The molecule has 0 saturated heterocycles. The molecule has 35 heavy (non-hydrogen) atoms. The fraction of sp³-hybridized carbons (Fsp3) is 0.750. The summed E-state index contributed by atoms with van der Waals surface area (Å²) in [6.07, 6.45) is 7.33. The summed E-state index contributed by atoms with van der Waals surface area (Å²) in [5.41, 5.74) is 0.282. The van der Waals surface area contributed by atoms with Crippen LogP contribution in [0.2, 0.25) is 0 Å². The van der Waals surface area contributed by atoms with Crippen molar-refractivity contribution in [1.29, 1.82) is 5.26 Å². The maximum absolute atomic E-state index is 12.7. The van der Waals surface area contributed by atoms with Crippen LogP contribution in [-0.4, -0.2) is 45.6 Å². The van der Waals surface area contributed by atoms with Crippen molar-refractivity contribution in [3.05, 3.63) is 23.8 Å². The van der Waals surface area contributed by atoms with Crippen LogP contribution in [0.4, 0.5) is 0 Å². The van der Waals surface area contributed by atoms with E-state index in [1.807, 2.05) is 13.8 Å². The Morgan fingerprint density at radius 1 is 1.06 bits per heavy atom. The summed E-state index contributed by atoms with van der Waals surface area (Å²) < 4.78 is 5.77. The minimum atomic E-state index is -0.882. The summed E-state index contributed by atoms with van der Waals surface area (Å²) in [5, 5.41) is 40.6. The number of hydrogen-bond acceptors (Lipinski definition) is 6. The maximum atomic E-state index is 12.7. The number of aliphatic hydroxyl groups is 2. The van der Waals surface area contributed by atoms with Gasteiger partial charge in [-0.3, -0.25) is 9.59 Å². The molecule has 1 aliphatic heterocycles. The Morgan fingerprint density at radius 2 is 1.71 bits per heavy atom. The molecule has 1 saturated carbocycles. The van der Waals surface area contributed by atoms with E-state index in [9.17, 15) is 30.2 Å². The van der Waals surface area contributed by atoms with Crippen molar-refractivity contribution in [2.45, 2.75) is 97.4 Å². The minimum absolute atomic E-state index is 0.0816. The molecule has 9 atom stereocenters. The van der Waals surface area contributed by atoms with Crippen LogP contribution in [0.3, 0.4) is 0 Å². The molecule has 7 heteroatoms. The van der Waals surface area contributed by atoms with E-state index in [1.54, 1.807) is 18.2 Å². The van der Waals surface area contributed by atoms with Gasteiger partial charge in [-0.05, 0) is 61.9 Å². The molecule has 0 bridgehead atoms. The number of allylic oxidation sites excluding steroid dienone is 2. The lowest BCUT2D eigenvalue weighted by Gasteiger charge is -2.28. The number of hydrogen-bond donors (Lipinski definition) is 3. The Balaban J connectivity index is 2.30. The monoisotopic (exact) mass is 489 g/mol. The first-order chi connectivity index (χ1) is 16.5. The second-order valence-electron chi connectivity index (χ2n) is 11.1. The summed E-state index contributed by atoms with van der Waals surface area (Å²) in [5.74, 6) is -1.77. The number of esters is 1. The molecular weight excluding hydrogens is 446 g/mol. The van der Waals surface area contributed by atoms with Crippen molar-refractivity contribution < 1.29 is 29.6 Å². The van der Waals surface area contributed by atoms with E-state index in [0.717, 1.165) is 25.7 Å². The molecular formula is C28H43NO6. The van der Waals surface area contributed by atoms with E-state index in [-0.39, 0.29) is 29.7 Å². The van der Waals surface area contributed by atoms with E-state index in [1.165, 1.54) is 0 Å². The van der Waals surface area contributed by atoms with Crippen molar-refractivity contribution in [1.82, 2.24) is 0 Å². The van der Waals surface area contributed by atoms with E-state index in [4.69, 9.17) is 4.74 Å². The molecule has 1 heterocycles. The summed E-state index contributed by atoms with van der Waals surface area (Å²) in [7, 11) is 0. The predicted octanol–water partition coefficient (Wildman–Crippen LogP) is 4.64. The van der Waals surface area contributed by atoms with Gasteiger partial charge in [-0.25, -0.2) is 0 Å².